The number of hydrogen-bond donors (Lipinski definition) is 2. The molecule has 1 atom stereocenters. The highest BCUT2D eigenvalue weighted by Gasteiger charge is 2.37. The van der Waals surface area contributed by atoms with E-state index in [4.69, 9.17) is 4.74 Å². The number of ether oxygens (including phenoxy) is 1. The van der Waals surface area contributed by atoms with Crippen LogP contribution >= 0.6 is 0 Å². The van der Waals surface area contributed by atoms with Gasteiger partial charge in [0, 0.05) is 12.6 Å². The van der Waals surface area contributed by atoms with Crippen LogP contribution in [-0.2, 0) is 4.74 Å². The zero-order valence-electron chi connectivity index (χ0n) is 9.38. The minimum absolute atomic E-state index is 0.0144. The largest absolute Gasteiger partial charge is 0.396 e. The van der Waals surface area contributed by atoms with Gasteiger partial charge in [0.2, 0.25) is 0 Å². The Labute approximate surface area is 86.8 Å². The second kappa shape index (κ2) is 5.69. The molecule has 0 aliphatic carbocycles. The molecule has 1 fully saturated rings. The summed E-state index contributed by atoms with van der Waals surface area (Å²) in [5.41, 5.74) is 0.0144. The van der Waals surface area contributed by atoms with Crippen molar-refractivity contribution >= 4 is 0 Å². The third-order valence-corrected chi connectivity index (χ3v) is 2.97. The minimum Gasteiger partial charge on any atom is -0.396 e. The lowest BCUT2D eigenvalue weighted by atomic mass is 9.86. The first-order valence-electron chi connectivity index (χ1n) is 5.64. The monoisotopic (exact) mass is 201 g/mol. The van der Waals surface area contributed by atoms with Crippen molar-refractivity contribution in [2.24, 2.45) is 5.41 Å². The minimum atomic E-state index is 0.0144. The predicted octanol–water partition coefficient (Wildman–Crippen LogP) is 1.16. The Morgan fingerprint density at radius 1 is 1.50 bits per heavy atom. The smallest absolute Gasteiger partial charge is 0.0579 e. The van der Waals surface area contributed by atoms with Crippen LogP contribution in [0.3, 0.4) is 0 Å². The molecule has 0 radical (unpaired) electrons. The van der Waals surface area contributed by atoms with E-state index in [0.29, 0.717) is 19.3 Å². The zero-order chi connectivity index (χ0) is 10.4. The van der Waals surface area contributed by atoms with Gasteiger partial charge in [0.05, 0.1) is 25.2 Å². The van der Waals surface area contributed by atoms with Crippen LogP contribution in [-0.4, -0.2) is 37.5 Å². The van der Waals surface area contributed by atoms with Crippen LogP contribution in [0.25, 0.3) is 0 Å². The Hall–Kier alpha value is -0.120. The molecule has 0 bridgehead atoms. The van der Waals surface area contributed by atoms with Gasteiger partial charge in [-0.1, -0.05) is 19.8 Å². The van der Waals surface area contributed by atoms with Crippen molar-refractivity contribution in [1.29, 1.82) is 0 Å². The van der Waals surface area contributed by atoms with Gasteiger partial charge in [-0.05, 0) is 13.3 Å². The molecule has 3 nitrogen and oxygen atoms in total. The fourth-order valence-electron chi connectivity index (χ4n) is 1.64. The van der Waals surface area contributed by atoms with Gasteiger partial charge in [0.15, 0.2) is 0 Å². The SMILES string of the molecule is CCCCC(C)NCC1(CO)COC1. The van der Waals surface area contributed by atoms with Gasteiger partial charge in [-0.25, -0.2) is 0 Å². The van der Waals surface area contributed by atoms with E-state index < -0.39 is 0 Å². The molecule has 0 aromatic heterocycles. The van der Waals surface area contributed by atoms with Crippen LogP contribution in [0, 0.1) is 5.41 Å². The first-order valence-corrected chi connectivity index (χ1v) is 5.64. The molecule has 0 spiro atoms. The van der Waals surface area contributed by atoms with E-state index in [-0.39, 0.29) is 12.0 Å². The van der Waals surface area contributed by atoms with Gasteiger partial charge < -0.3 is 15.2 Å². The number of aliphatic hydroxyl groups is 1. The Bertz CT molecular complexity index is 152. The second-order valence-corrected chi connectivity index (χ2v) is 4.58. The van der Waals surface area contributed by atoms with Gasteiger partial charge in [-0.3, -0.25) is 0 Å². The maximum Gasteiger partial charge on any atom is 0.0579 e. The highest BCUT2D eigenvalue weighted by molar-refractivity contribution is 4.87. The van der Waals surface area contributed by atoms with Crippen LogP contribution < -0.4 is 5.32 Å². The zero-order valence-corrected chi connectivity index (χ0v) is 9.38. The average Bonchev–Trinajstić information content (AvgIpc) is 2.14. The van der Waals surface area contributed by atoms with Crippen molar-refractivity contribution in [2.45, 2.75) is 39.2 Å². The second-order valence-electron chi connectivity index (χ2n) is 4.58. The average molecular weight is 201 g/mol. The molecule has 0 aromatic carbocycles. The van der Waals surface area contributed by atoms with Crippen LogP contribution in [0.4, 0.5) is 0 Å². The van der Waals surface area contributed by atoms with Gasteiger partial charge >= 0.3 is 0 Å². The van der Waals surface area contributed by atoms with E-state index in [9.17, 15) is 5.11 Å². The normalized spacial score (nSPS) is 21.6. The molecule has 1 heterocycles. The van der Waals surface area contributed by atoms with Gasteiger partial charge in [-0.15, -0.1) is 0 Å². The molecule has 1 rings (SSSR count). The molecule has 0 aromatic rings. The maximum absolute atomic E-state index is 9.21. The number of aliphatic hydroxyl groups excluding tert-OH is 1. The number of nitrogens with one attached hydrogen (secondary N) is 1. The van der Waals surface area contributed by atoms with E-state index in [0.717, 1.165) is 6.54 Å². The molecule has 2 N–H and O–H groups in total. The summed E-state index contributed by atoms with van der Waals surface area (Å²) < 4.78 is 5.14. The molecule has 1 aliphatic rings. The summed E-state index contributed by atoms with van der Waals surface area (Å²) in [6.07, 6.45) is 3.75. The highest BCUT2D eigenvalue weighted by atomic mass is 16.5. The van der Waals surface area contributed by atoms with Gasteiger partial charge in [-0.2, -0.15) is 0 Å². The van der Waals surface area contributed by atoms with Gasteiger partial charge in [0.1, 0.15) is 0 Å². The van der Waals surface area contributed by atoms with Crippen LogP contribution in [0.5, 0.6) is 0 Å². The third kappa shape index (κ3) is 3.23. The molecule has 1 saturated heterocycles. The number of hydrogen-bond acceptors (Lipinski definition) is 3. The van der Waals surface area contributed by atoms with Crippen molar-refractivity contribution in [3.05, 3.63) is 0 Å². The van der Waals surface area contributed by atoms with E-state index in [1.54, 1.807) is 0 Å². The molecule has 3 heteroatoms. The van der Waals surface area contributed by atoms with Gasteiger partial charge in [0.25, 0.3) is 0 Å². The molecule has 14 heavy (non-hydrogen) atoms. The molecular formula is C11H23NO2. The van der Waals surface area contributed by atoms with E-state index in [2.05, 4.69) is 19.2 Å². The molecule has 0 saturated carbocycles. The number of rotatable bonds is 7. The Morgan fingerprint density at radius 2 is 2.21 bits per heavy atom. The lowest BCUT2D eigenvalue weighted by molar-refractivity contribution is -0.135. The van der Waals surface area contributed by atoms with Crippen LogP contribution in [0.2, 0.25) is 0 Å². The lowest BCUT2D eigenvalue weighted by Gasteiger charge is -2.40. The van der Waals surface area contributed by atoms with Crippen molar-refractivity contribution in [3.63, 3.8) is 0 Å². The first-order chi connectivity index (χ1) is 6.72. The van der Waals surface area contributed by atoms with Crippen LogP contribution in [0.1, 0.15) is 33.1 Å². The molecule has 0 amide bonds. The maximum atomic E-state index is 9.21. The number of unbranched alkanes of at least 4 members (excludes halogenated alkanes) is 1. The summed E-state index contributed by atoms with van der Waals surface area (Å²) in [7, 11) is 0. The molecule has 1 aliphatic heterocycles. The van der Waals surface area contributed by atoms with Crippen molar-refractivity contribution < 1.29 is 9.84 Å². The first kappa shape index (κ1) is 12.0. The fraction of sp³-hybridized carbons (Fsp3) is 1.00. The summed E-state index contributed by atoms with van der Waals surface area (Å²) in [4.78, 5) is 0. The lowest BCUT2D eigenvalue weighted by Crippen LogP contribution is -2.53. The standard InChI is InChI=1S/C11H23NO2/c1-3-4-5-10(2)12-6-11(7-13)8-14-9-11/h10,12-13H,3-9H2,1-2H3. The summed E-state index contributed by atoms with van der Waals surface area (Å²) in [6.45, 7) is 6.95. The molecule has 1 unspecified atom stereocenters. The Balaban J connectivity index is 2.12. The summed E-state index contributed by atoms with van der Waals surface area (Å²) >= 11 is 0. The summed E-state index contributed by atoms with van der Waals surface area (Å²) in [5, 5.41) is 12.7. The Morgan fingerprint density at radius 3 is 2.64 bits per heavy atom. The third-order valence-electron chi connectivity index (χ3n) is 2.97. The van der Waals surface area contributed by atoms with Crippen molar-refractivity contribution in [3.8, 4) is 0 Å². The van der Waals surface area contributed by atoms with Crippen molar-refractivity contribution in [2.75, 3.05) is 26.4 Å². The summed E-state index contributed by atoms with van der Waals surface area (Å²) in [6, 6.07) is 0.555. The predicted molar refractivity (Wildman–Crippen MR) is 57.3 cm³/mol. The summed E-state index contributed by atoms with van der Waals surface area (Å²) in [5.74, 6) is 0. The van der Waals surface area contributed by atoms with E-state index in [1.807, 2.05) is 0 Å². The molecular weight excluding hydrogens is 178 g/mol. The van der Waals surface area contributed by atoms with Crippen molar-refractivity contribution in [1.82, 2.24) is 5.32 Å². The Kier molecular flexibility index (Phi) is 4.85. The highest BCUT2D eigenvalue weighted by Crippen LogP contribution is 2.25. The van der Waals surface area contributed by atoms with E-state index >= 15 is 0 Å². The van der Waals surface area contributed by atoms with E-state index in [1.165, 1.54) is 19.3 Å². The van der Waals surface area contributed by atoms with Crippen LogP contribution in [0.15, 0.2) is 0 Å². The molecule has 84 valence electrons. The fourth-order valence-corrected chi connectivity index (χ4v) is 1.64. The topological polar surface area (TPSA) is 41.5 Å². The quantitative estimate of drug-likeness (QED) is 0.649.